The van der Waals surface area contributed by atoms with Gasteiger partial charge in [0.2, 0.25) is 0 Å². The van der Waals surface area contributed by atoms with Crippen molar-refractivity contribution in [1.82, 2.24) is 9.55 Å². The molecule has 0 saturated carbocycles. The topological polar surface area (TPSA) is 55.2 Å². The lowest BCUT2D eigenvalue weighted by Crippen LogP contribution is -2.31. The minimum atomic E-state index is -0.441. The van der Waals surface area contributed by atoms with Crippen LogP contribution >= 0.6 is 15.9 Å². The lowest BCUT2D eigenvalue weighted by Gasteiger charge is -2.16. The first kappa shape index (κ1) is 13.1. The maximum Gasteiger partial charge on any atom is 0.299 e. The van der Waals surface area contributed by atoms with Crippen LogP contribution in [0.3, 0.4) is 0 Å². The van der Waals surface area contributed by atoms with Gasteiger partial charge < -0.3 is 9.47 Å². The fourth-order valence-corrected chi connectivity index (χ4v) is 2.69. The number of aromatic nitrogens is 2. The van der Waals surface area contributed by atoms with Crippen molar-refractivity contribution in [2.24, 2.45) is 0 Å². The summed E-state index contributed by atoms with van der Waals surface area (Å²) in [6.07, 6.45) is 6.10. The second kappa shape index (κ2) is 5.20. The van der Waals surface area contributed by atoms with Gasteiger partial charge in [0.15, 0.2) is 0 Å². The third-order valence-electron chi connectivity index (χ3n) is 3.29. The van der Waals surface area contributed by atoms with Crippen LogP contribution in [0.15, 0.2) is 41.4 Å². The number of fused-ring (bicyclic) bond motifs is 1. The molecule has 2 aromatic rings. The Morgan fingerprint density at radius 1 is 1.20 bits per heavy atom. The van der Waals surface area contributed by atoms with E-state index >= 15 is 0 Å². The van der Waals surface area contributed by atoms with Crippen LogP contribution in [-0.2, 0) is 11.3 Å². The third kappa shape index (κ3) is 2.27. The summed E-state index contributed by atoms with van der Waals surface area (Å²) in [6, 6.07) is 5.35. The summed E-state index contributed by atoms with van der Waals surface area (Å²) in [5.74, 6) is -0.868. The van der Waals surface area contributed by atoms with Crippen molar-refractivity contribution in [3.63, 3.8) is 0 Å². The number of hydrogen-bond donors (Lipinski definition) is 0. The Labute approximate surface area is 124 Å². The number of anilines is 1. The van der Waals surface area contributed by atoms with E-state index < -0.39 is 11.7 Å². The Bertz CT molecular complexity index is 667. The Morgan fingerprint density at radius 2 is 2.05 bits per heavy atom. The summed E-state index contributed by atoms with van der Waals surface area (Å²) in [6.45, 7) is 1.29. The molecule has 1 aliphatic heterocycles. The van der Waals surface area contributed by atoms with Crippen LogP contribution in [0.2, 0.25) is 0 Å². The molecule has 0 saturated heterocycles. The van der Waals surface area contributed by atoms with Crippen molar-refractivity contribution >= 4 is 33.3 Å². The Morgan fingerprint density at radius 3 is 2.80 bits per heavy atom. The highest BCUT2D eigenvalue weighted by atomic mass is 79.9. The van der Waals surface area contributed by atoms with Gasteiger partial charge in [0.05, 0.1) is 17.6 Å². The molecule has 0 radical (unpaired) electrons. The SMILES string of the molecule is O=C1C(=O)N(CCCn2ccnc2)c2ccc(Br)cc21. The molecule has 2 heterocycles. The number of nitrogens with zero attached hydrogens (tertiary/aromatic N) is 3. The van der Waals surface area contributed by atoms with Gasteiger partial charge in [-0.05, 0) is 24.6 Å². The number of Topliss-reactive ketones (excluding diaryl/α,β-unsaturated/α-hetero) is 1. The van der Waals surface area contributed by atoms with Crippen molar-refractivity contribution in [1.29, 1.82) is 0 Å². The molecule has 20 heavy (non-hydrogen) atoms. The van der Waals surface area contributed by atoms with E-state index in [9.17, 15) is 9.59 Å². The van der Waals surface area contributed by atoms with E-state index in [0.717, 1.165) is 17.4 Å². The zero-order valence-electron chi connectivity index (χ0n) is 10.6. The number of imidazole rings is 1. The van der Waals surface area contributed by atoms with Crippen LogP contribution in [0.5, 0.6) is 0 Å². The van der Waals surface area contributed by atoms with E-state index in [4.69, 9.17) is 0 Å². The molecule has 1 aromatic carbocycles. The predicted molar refractivity (Wildman–Crippen MR) is 77.7 cm³/mol. The molecule has 0 N–H and O–H groups in total. The number of aryl methyl sites for hydroxylation is 1. The summed E-state index contributed by atoms with van der Waals surface area (Å²) in [4.78, 5) is 29.5. The zero-order chi connectivity index (χ0) is 14.1. The number of amides is 1. The summed E-state index contributed by atoms with van der Waals surface area (Å²) in [5.41, 5.74) is 1.18. The van der Waals surface area contributed by atoms with E-state index in [-0.39, 0.29) is 0 Å². The van der Waals surface area contributed by atoms with Gasteiger partial charge in [0.25, 0.3) is 11.7 Å². The number of carbonyl (C=O) groups excluding carboxylic acids is 2. The van der Waals surface area contributed by atoms with Gasteiger partial charge in [-0.3, -0.25) is 9.59 Å². The first-order valence-corrected chi connectivity index (χ1v) is 7.07. The predicted octanol–water partition coefficient (Wildman–Crippen LogP) is 2.27. The maximum atomic E-state index is 12.0. The monoisotopic (exact) mass is 333 g/mol. The molecule has 0 fully saturated rings. The Kier molecular flexibility index (Phi) is 3.40. The molecule has 3 rings (SSSR count). The van der Waals surface area contributed by atoms with Crippen molar-refractivity contribution in [3.05, 3.63) is 47.0 Å². The van der Waals surface area contributed by atoms with Gasteiger partial charge in [0, 0.05) is 30.0 Å². The molecule has 5 nitrogen and oxygen atoms in total. The normalized spacial score (nSPS) is 13.9. The van der Waals surface area contributed by atoms with Crippen molar-refractivity contribution in [2.75, 3.05) is 11.4 Å². The number of benzene rings is 1. The molecule has 1 aliphatic rings. The van der Waals surface area contributed by atoms with Crippen LogP contribution in [-0.4, -0.2) is 27.8 Å². The van der Waals surface area contributed by atoms with Crippen molar-refractivity contribution < 1.29 is 9.59 Å². The molecule has 0 spiro atoms. The fraction of sp³-hybridized carbons (Fsp3) is 0.214. The van der Waals surface area contributed by atoms with Crippen LogP contribution < -0.4 is 4.90 Å². The third-order valence-corrected chi connectivity index (χ3v) is 3.78. The molecule has 102 valence electrons. The van der Waals surface area contributed by atoms with Crippen LogP contribution in [0, 0.1) is 0 Å². The van der Waals surface area contributed by atoms with Gasteiger partial charge >= 0.3 is 0 Å². The minimum absolute atomic E-state index is 0.427. The molecule has 0 aliphatic carbocycles. The molecule has 1 aromatic heterocycles. The van der Waals surface area contributed by atoms with Crippen LogP contribution in [0.1, 0.15) is 16.8 Å². The highest BCUT2D eigenvalue weighted by molar-refractivity contribution is 9.10. The van der Waals surface area contributed by atoms with Gasteiger partial charge in [0.1, 0.15) is 0 Å². The fourth-order valence-electron chi connectivity index (χ4n) is 2.33. The molecule has 0 atom stereocenters. The van der Waals surface area contributed by atoms with E-state index in [1.165, 1.54) is 0 Å². The van der Waals surface area contributed by atoms with Crippen LogP contribution in [0.4, 0.5) is 5.69 Å². The highest BCUT2D eigenvalue weighted by Crippen LogP contribution is 2.31. The quantitative estimate of drug-likeness (QED) is 0.806. The summed E-state index contributed by atoms with van der Waals surface area (Å²) >= 11 is 3.32. The molecule has 6 heteroatoms. The standard InChI is InChI=1S/C14H12BrN3O2/c15-10-2-3-12-11(8-10)13(19)14(20)18(12)6-1-5-17-7-4-16-9-17/h2-4,7-9H,1,5-6H2. The maximum absolute atomic E-state index is 12.0. The lowest BCUT2D eigenvalue weighted by molar-refractivity contribution is -0.114. The van der Waals surface area contributed by atoms with Crippen LogP contribution in [0.25, 0.3) is 0 Å². The van der Waals surface area contributed by atoms with E-state index in [1.54, 1.807) is 29.6 Å². The highest BCUT2D eigenvalue weighted by Gasteiger charge is 2.35. The molecule has 1 amide bonds. The number of hydrogen-bond acceptors (Lipinski definition) is 3. The van der Waals surface area contributed by atoms with Gasteiger partial charge in [-0.2, -0.15) is 0 Å². The number of carbonyl (C=O) groups is 2. The Hall–Kier alpha value is -1.95. The summed E-state index contributed by atoms with van der Waals surface area (Å²) in [7, 11) is 0. The van der Waals surface area contributed by atoms with E-state index in [0.29, 0.717) is 17.8 Å². The summed E-state index contributed by atoms with van der Waals surface area (Å²) in [5, 5.41) is 0. The minimum Gasteiger partial charge on any atom is -0.337 e. The first-order valence-electron chi connectivity index (χ1n) is 6.28. The van der Waals surface area contributed by atoms with Crippen molar-refractivity contribution in [2.45, 2.75) is 13.0 Å². The molecular formula is C14H12BrN3O2. The number of halogens is 1. The number of rotatable bonds is 4. The van der Waals surface area contributed by atoms with Gasteiger partial charge in [-0.15, -0.1) is 0 Å². The first-order chi connectivity index (χ1) is 9.66. The van der Waals surface area contributed by atoms with Gasteiger partial charge in [-0.25, -0.2) is 4.98 Å². The zero-order valence-corrected chi connectivity index (χ0v) is 12.2. The average Bonchev–Trinajstić information content (AvgIpc) is 3.02. The van der Waals surface area contributed by atoms with E-state index in [1.807, 2.05) is 16.8 Å². The molecular weight excluding hydrogens is 322 g/mol. The number of ketones is 1. The van der Waals surface area contributed by atoms with Crippen molar-refractivity contribution in [3.8, 4) is 0 Å². The molecule has 0 bridgehead atoms. The smallest absolute Gasteiger partial charge is 0.299 e. The lowest BCUT2D eigenvalue weighted by atomic mass is 10.1. The second-order valence-electron chi connectivity index (χ2n) is 4.60. The van der Waals surface area contributed by atoms with E-state index in [2.05, 4.69) is 20.9 Å². The van der Waals surface area contributed by atoms with Gasteiger partial charge in [-0.1, -0.05) is 15.9 Å². The summed E-state index contributed by atoms with van der Waals surface area (Å²) < 4.78 is 2.75. The largest absolute Gasteiger partial charge is 0.337 e. The Balaban J connectivity index is 1.74. The molecule has 0 unspecified atom stereocenters. The average molecular weight is 334 g/mol. The second-order valence-corrected chi connectivity index (χ2v) is 5.52.